The molecule has 7 heteroatoms. The highest BCUT2D eigenvalue weighted by atomic mass is 16.6. The van der Waals surface area contributed by atoms with Crippen molar-refractivity contribution in [2.75, 3.05) is 38.0 Å². The minimum absolute atomic E-state index is 0.0236. The number of allylic oxidation sites excluding steroid dienone is 1. The molecule has 0 spiro atoms. The van der Waals surface area contributed by atoms with Crippen LogP contribution in [-0.4, -0.2) is 51.0 Å². The van der Waals surface area contributed by atoms with Gasteiger partial charge >= 0.3 is 11.9 Å². The van der Waals surface area contributed by atoms with Crippen LogP contribution >= 0.6 is 0 Å². The first kappa shape index (κ1) is 50.6. The molecule has 8 rings (SSSR count). The van der Waals surface area contributed by atoms with Crippen LogP contribution in [-0.2, 0) is 26.4 Å². The van der Waals surface area contributed by atoms with Gasteiger partial charge in [0.05, 0.1) is 17.2 Å². The lowest BCUT2D eigenvalue weighted by molar-refractivity contribution is 0.0397. The summed E-state index contributed by atoms with van der Waals surface area (Å²) >= 11 is 0. The fourth-order valence-electron chi connectivity index (χ4n) is 10.5. The van der Waals surface area contributed by atoms with E-state index in [-0.39, 0.29) is 38.6 Å². The zero-order valence-electron chi connectivity index (χ0n) is 43.7. The number of benzene rings is 6. The van der Waals surface area contributed by atoms with Gasteiger partial charge in [-0.15, -0.1) is 0 Å². The zero-order chi connectivity index (χ0) is 51.2. The van der Waals surface area contributed by atoms with Crippen LogP contribution in [0.3, 0.4) is 0 Å². The van der Waals surface area contributed by atoms with Gasteiger partial charge in [0.1, 0.15) is 0 Å². The van der Waals surface area contributed by atoms with Gasteiger partial charge in [0.15, 0.2) is 5.78 Å². The molecule has 0 saturated carbocycles. The third kappa shape index (κ3) is 10.6. The molecular weight excluding hydrogens is 877 g/mol. The van der Waals surface area contributed by atoms with Gasteiger partial charge in [-0.3, -0.25) is 4.79 Å². The van der Waals surface area contributed by atoms with Gasteiger partial charge in [0.25, 0.3) is 0 Å². The first-order chi connectivity index (χ1) is 33.4. The summed E-state index contributed by atoms with van der Waals surface area (Å²) in [5, 5.41) is 11.6. The minimum atomic E-state index is -0.870. The van der Waals surface area contributed by atoms with E-state index in [1.165, 1.54) is 22.3 Å². The fourth-order valence-corrected chi connectivity index (χ4v) is 10.5. The summed E-state index contributed by atoms with van der Waals surface area (Å²) in [7, 11) is 8.14. The van der Waals surface area contributed by atoms with E-state index in [1.54, 1.807) is 66.8 Å². The van der Waals surface area contributed by atoms with Crippen molar-refractivity contribution in [3.63, 3.8) is 0 Å². The molecule has 2 aliphatic rings. The summed E-state index contributed by atoms with van der Waals surface area (Å²) in [5.41, 5.74) is 15.0. The molecule has 0 radical (unpaired) electrons. The number of hydrogen-bond acceptors (Lipinski definition) is 7. The first-order valence-corrected chi connectivity index (χ1v) is 24.9. The number of nitrogens with zero attached hydrogens (tertiary/aromatic N) is 2. The van der Waals surface area contributed by atoms with Gasteiger partial charge < -0.3 is 19.6 Å². The molecular formula is C64H70N2O5. The summed E-state index contributed by atoms with van der Waals surface area (Å²) in [4.78, 5) is 44.4. The van der Waals surface area contributed by atoms with Crippen molar-refractivity contribution in [2.24, 2.45) is 0 Å². The lowest BCUT2D eigenvalue weighted by Gasteiger charge is -2.43. The quantitative estimate of drug-likeness (QED) is 0.0566. The monoisotopic (exact) mass is 947 g/mol. The third-order valence-corrected chi connectivity index (χ3v) is 15.3. The smallest absolute Gasteiger partial charge is 0.346 e. The molecule has 7 nitrogen and oxygen atoms in total. The zero-order valence-corrected chi connectivity index (χ0v) is 43.7. The highest BCUT2D eigenvalue weighted by Gasteiger charge is 2.41. The number of aliphatic hydroxyl groups is 1. The Kier molecular flexibility index (Phi) is 13.8. The number of rotatable bonds is 12. The van der Waals surface area contributed by atoms with Crippen LogP contribution in [0.4, 0.5) is 11.4 Å². The van der Waals surface area contributed by atoms with E-state index in [1.807, 2.05) is 40.3 Å². The average molecular weight is 947 g/mol. The average Bonchev–Trinajstić information content (AvgIpc) is 3.35. The Morgan fingerprint density at radius 3 is 1.37 bits per heavy atom. The van der Waals surface area contributed by atoms with E-state index in [4.69, 9.17) is 4.74 Å². The Balaban J connectivity index is 0.934. The number of carbonyl (C=O) groups is 3. The van der Waals surface area contributed by atoms with E-state index in [0.717, 1.165) is 76.0 Å². The van der Waals surface area contributed by atoms with Crippen molar-refractivity contribution in [1.29, 1.82) is 0 Å². The molecule has 0 aliphatic heterocycles. The predicted octanol–water partition coefficient (Wildman–Crippen LogP) is 14.5. The number of hydrogen-bond donors (Lipinski definition) is 1. The maximum atomic E-state index is 13.9. The van der Waals surface area contributed by atoms with Crippen LogP contribution in [0.1, 0.15) is 157 Å². The summed E-state index contributed by atoms with van der Waals surface area (Å²) < 4.78 is 5.29. The van der Waals surface area contributed by atoms with Crippen LogP contribution in [0.5, 0.6) is 0 Å². The molecule has 6 aromatic rings. The van der Waals surface area contributed by atoms with E-state index in [0.29, 0.717) is 5.56 Å². The van der Waals surface area contributed by atoms with Gasteiger partial charge in [-0.2, -0.15) is 0 Å². The van der Waals surface area contributed by atoms with Crippen molar-refractivity contribution in [3.8, 4) is 22.3 Å². The maximum absolute atomic E-state index is 13.9. The molecule has 2 aliphatic carbocycles. The van der Waals surface area contributed by atoms with Gasteiger partial charge in [-0.1, -0.05) is 128 Å². The number of ether oxygens (including phenoxy) is 1. The minimum Gasteiger partial charge on any atom is -0.386 e. The molecule has 1 unspecified atom stereocenters. The third-order valence-electron chi connectivity index (χ3n) is 15.3. The molecule has 0 heterocycles. The van der Waals surface area contributed by atoms with Crippen molar-refractivity contribution < 1.29 is 24.2 Å². The van der Waals surface area contributed by atoms with Crippen LogP contribution < -0.4 is 9.80 Å². The van der Waals surface area contributed by atoms with Gasteiger partial charge in [0.2, 0.25) is 0 Å². The van der Waals surface area contributed by atoms with Crippen molar-refractivity contribution in [1.82, 2.24) is 0 Å². The molecule has 0 saturated heterocycles. The lowest BCUT2D eigenvalue weighted by Crippen LogP contribution is -2.34. The van der Waals surface area contributed by atoms with Crippen LogP contribution in [0.2, 0.25) is 0 Å². The molecule has 1 N–H and O–H groups in total. The van der Waals surface area contributed by atoms with E-state index < -0.39 is 18.0 Å². The largest absolute Gasteiger partial charge is 0.386 e. The highest BCUT2D eigenvalue weighted by molar-refractivity contribution is 6.08. The summed E-state index contributed by atoms with van der Waals surface area (Å²) in [5.74, 6) is -1.65. The van der Waals surface area contributed by atoms with Gasteiger partial charge in [-0.25, -0.2) is 9.59 Å². The van der Waals surface area contributed by atoms with Crippen molar-refractivity contribution in [3.05, 3.63) is 189 Å². The normalized spacial score (nSPS) is 16.7. The molecule has 6 aromatic carbocycles. The first-order valence-electron chi connectivity index (χ1n) is 24.9. The Morgan fingerprint density at radius 1 is 0.507 bits per heavy atom. The topological polar surface area (TPSA) is 87.1 Å². The number of ketones is 1. The second kappa shape index (κ2) is 19.4. The summed E-state index contributed by atoms with van der Waals surface area (Å²) in [6, 6.07) is 39.0. The Hall–Kier alpha value is -6.83. The standard InChI is InChI=1S/C64H70N2O5/c1-61(2)33-35-63(5,6)57-51(43-23-27-49(28-24-43)65(9)10)37-47(39-53(57)61)55(67)31-17-41-13-19-45(20-14-41)59(69)71-60(70)46-21-15-42(16-22-46)18-32-56(68)48-38-52(44-25-29-50(30-26-44)66(11)12)58-54(40-48)62(3,4)34-36-64(58,7)8/h13-32,37-40,55,67H,33-36H2,1-12H3. The molecule has 0 amide bonds. The fraction of sp³-hybridized carbons (Fsp3) is 0.328. The highest BCUT2D eigenvalue weighted by Crippen LogP contribution is 2.52. The molecule has 71 heavy (non-hydrogen) atoms. The lowest BCUT2D eigenvalue weighted by atomic mass is 9.61. The van der Waals surface area contributed by atoms with Gasteiger partial charge in [0, 0.05) is 45.1 Å². The van der Waals surface area contributed by atoms with Gasteiger partial charge in [-0.05, 0) is 181 Å². The maximum Gasteiger partial charge on any atom is 0.346 e. The van der Waals surface area contributed by atoms with E-state index >= 15 is 0 Å². The predicted molar refractivity (Wildman–Crippen MR) is 293 cm³/mol. The molecule has 0 aromatic heterocycles. The summed E-state index contributed by atoms with van der Waals surface area (Å²) in [6.45, 7) is 18.4. The molecule has 0 fully saturated rings. The molecule has 0 bridgehead atoms. The SMILES string of the molecule is CN(C)c1ccc(-c2cc(C(=O)C=Cc3ccc(C(=O)OC(=O)c4ccc(C=CC(O)c5cc(-c6ccc(N(C)C)cc6)c6c(c5)C(C)(C)CCC6(C)C)cc4)cc3)cc3c2C(C)(C)CCC3(C)C)cc1. The Labute approximate surface area is 421 Å². The molecule has 366 valence electrons. The second-order valence-electron chi connectivity index (χ2n) is 22.8. The number of anilines is 2. The Morgan fingerprint density at radius 2 is 0.915 bits per heavy atom. The Bertz CT molecular complexity index is 3040. The molecule has 1 atom stereocenters. The van der Waals surface area contributed by atoms with E-state index in [9.17, 15) is 19.5 Å². The number of aliphatic hydroxyl groups excluding tert-OH is 1. The van der Waals surface area contributed by atoms with Crippen molar-refractivity contribution in [2.45, 2.75) is 109 Å². The number of fused-ring (bicyclic) bond motifs is 2. The van der Waals surface area contributed by atoms with E-state index in [2.05, 4.69) is 132 Å². The summed E-state index contributed by atoms with van der Waals surface area (Å²) in [6.07, 6.45) is 10.3. The number of carbonyl (C=O) groups excluding carboxylic acids is 3. The van der Waals surface area contributed by atoms with Crippen LogP contribution in [0, 0.1) is 0 Å². The number of esters is 2. The van der Waals surface area contributed by atoms with Crippen LogP contribution in [0.15, 0.2) is 133 Å². The van der Waals surface area contributed by atoms with Crippen molar-refractivity contribution >= 4 is 41.2 Å². The second-order valence-corrected chi connectivity index (χ2v) is 22.8. The van der Waals surface area contributed by atoms with Crippen LogP contribution in [0.25, 0.3) is 34.4 Å².